The zero-order valence-electron chi connectivity index (χ0n) is 11.4. The number of carbonyl (C=O) groups is 1. The van der Waals surface area contributed by atoms with Crippen LogP contribution in [0.5, 0.6) is 0 Å². The van der Waals surface area contributed by atoms with Crippen molar-refractivity contribution < 1.29 is 9.21 Å². The molecule has 0 saturated carbocycles. The second kappa shape index (κ2) is 5.09. The molecule has 1 saturated heterocycles. The van der Waals surface area contributed by atoms with E-state index >= 15 is 0 Å². The molecular formula is C15H17N3O2. The van der Waals surface area contributed by atoms with E-state index in [0.717, 1.165) is 17.5 Å². The second-order valence-corrected chi connectivity index (χ2v) is 5.20. The van der Waals surface area contributed by atoms with E-state index in [4.69, 9.17) is 10.2 Å². The van der Waals surface area contributed by atoms with Gasteiger partial charge in [-0.2, -0.15) is 0 Å². The molecule has 1 aromatic carbocycles. The van der Waals surface area contributed by atoms with Gasteiger partial charge in [-0.1, -0.05) is 29.8 Å². The predicted molar refractivity (Wildman–Crippen MR) is 75.2 cm³/mol. The molecule has 2 aromatic rings. The molecule has 5 nitrogen and oxygen atoms in total. The maximum atomic E-state index is 12.5. The van der Waals surface area contributed by atoms with Gasteiger partial charge in [0.05, 0.1) is 0 Å². The van der Waals surface area contributed by atoms with E-state index < -0.39 is 0 Å². The number of hydrogen-bond donors (Lipinski definition) is 1. The van der Waals surface area contributed by atoms with Crippen LogP contribution in [0.3, 0.4) is 0 Å². The quantitative estimate of drug-likeness (QED) is 0.904. The average molecular weight is 271 g/mol. The Bertz CT molecular complexity index is 618. The fraction of sp³-hybridized carbons (Fsp3) is 0.333. The number of amides is 1. The Kier molecular flexibility index (Phi) is 3.28. The number of aryl methyl sites for hydroxylation is 1. The molecule has 0 radical (unpaired) electrons. The maximum Gasteiger partial charge on any atom is 0.276 e. The molecule has 0 unspecified atom stereocenters. The van der Waals surface area contributed by atoms with E-state index in [9.17, 15) is 4.79 Å². The highest BCUT2D eigenvalue weighted by atomic mass is 16.3. The molecule has 1 amide bonds. The lowest BCUT2D eigenvalue weighted by Crippen LogP contribution is -2.32. The summed E-state index contributed by atoms with van der Waals surface area (Å²) in [5, 5.41) is 0. The van der Waals surface area contributed by atoms with Crippen molar-refractivity contribution in [3.8, 4) is 11.3 Å². The van der Waals surface area contributed by atoms with Crippen LogP contribution in [0.25, 0.3) is 11.3 Å². The first-order valence-electron chi connectivity index (χ1n) is 6.70. The van der Waals surface area contributed by atoms with Gasteiger partial charge in [-0.05, 0) is 13.3 Å². The molecule has 2 N–H and O–H groups in total. The summed E-state index contributed by atoms with van der Waals surface area (Å²) >= 11 is 0. The molecule has 1 aromatic heterocycles. The zero-order chi connectivity index (χ0) is 14.1. The summed E-state index contributed by atoms with van der Waals surface area (Å²) in [5.74, 6) is 0.415. The molecule has 1 aliphatic rings. The lowest BCUT2D eigenvalue weighted by Gasteiger charge is -2.14. The molecule has 0 bridgehead atoms. The molecule has 1 fully saturated rings. The molecule has 5 heteroatoms. The Balaban J connectivity index is 1.90. The van der Waals surface area contributed by atoms with Crippen molar-refractivity contribution in [2.24, 2.45) is 5.73 Å². The molecule has 0 spiro atoms. The summed E-state index contributed by atoms with van der Waals surface area (Å²) in [4.78, 5) is 18.3. The third kappa shape index (κ3) is 2.32. The molecule has 1 aliphatic heterocycles. The number of oxazole rings is 1. The van der Waals surface area contributed by atoms with Crippen LogP contribution >= 0.6 is 0 Å². The van der Waals surface area contributed by atoms with Crippen molar-refractivity contribution in [2.75, 3.05) is 13.1 Å². The van der Waals surface area contributed by atoms with Crippen LogP contribution in [0.4, 0.5) is 0 Å². The van der Waals surface area contributed by atoms with Gasteiger partial charge in [-0.15, -0.1) is 0 Å². The third-order valence-corrected chi connectivity index (χ3v) is 3.60. The summed E-state index contributed by atoms with van der Waals surface area (Å²) < 4.78 is 5.41. The van der Waals surface area contributed by atoms with E-state index in [2.05, 4.69) is 4.98 Å². The van der Waals surface area contributed by atoms with E-state index in [1.54, 1.807) is 4.90 Å². The van der Waals surface area contributed by atoms with Crippen molar-refractivity contribution in [3.63, 3.8) is 0 Å². The highest BCUT2D eigenvalue weighted by molar-refractivity contribution is 5.97. The number of nitrogens with two attached hydrogens (primary N) is 1. The highest BCUT2D eigenvalue weighted by Gasteiger charge is 2.28. The fourth-order valence-corrected chi connectivity index (χ4v) is 2.43. The monoisotopic (exact) mass is 271 g/mol. The Labute approximate surface area is 117 Å². The summed E-state index contributed by atoms with van der Waals surface area (Å²) in [6.07, 6.45) is 2.15. The standard InChI is InChI=1S/C15H17N3O2/c1-10-2-4-11(5-3-10)14-13(17-9-20-14)15(19)18-7-6-12(16)8-18/h2-5,9,12H,6-8,16H2,1H3/t12-/m1/s1. The van der Waals surface area contributed by atoms with Crippen LogP contribution in [-0.2, 0) is 0 Å². The van der Waals surface area contributed by atoms with Crippen molar-refractivity contribution in [1.29, 1.82) is 0 Å². The van der Waals surface area contributed by atoms with Crippen LogP contribution in [0, 0.1) is 6.92 Å². The van der Waals surface area contributed by atoms with Gasteiger partial charge in [-0.3, -0.25) is 4.79 Å². The van der Waals surface area contributed by atoms with Crippen molar-refractivity contribution in [3.05, 3.63) is 41.9 Å². The van der Waals surface area contributed by atoms with Gasteiger partial charge in [-0.25, -0.2) is 4.98 Å². The highest BCUT2D eigenvalue weighted by Crippen LogP contribution is 2.25. The number of nitrogens with zero attached hydrogens (tertiary/aromatic N) is 2. The lowest BCUT2D eigenvalue weighted by atomic mass is 10.1. The Morgan fingerprint density at radius 1 is 1.40 bits per heavy atom. The molecule has 2 heterocycles. The van der Waals surface area contributed by atoms with Gasteiger partial charge in [0.2, 0.25) is 0 Å². The minimum Gasteiger partial charge on any atom is -0.443 e. The van der Waals surface area contributed by atoms with Crippen LogP contribution in [0.2, 0.25) is 0 Å². The first-order chi connectivity index (χ1) is 9.65. The fourth-order valence-electron chi connectivity index (χ4n) is 2.43. The summed E-state index contributed by atoms with van der Waals surface area (Å²) in [5.41, 5.74) is 8.23. The number of hydrogen-bond acceptors (Lipinski definition) is 4. The third-order valence-electron chi connectivity index (χ3n) is 3.60. The van der Waals surface area contributed by atoms with Crippen molar-refractivity contribution >= 4 is 5.91 Å². The molecular weight excluding hydrogens is 254 g/mol. The van der Waals surface area contributed by atoms with E-state index in [-0.39, 0.29) is 11.9 Å². The Hall–Kier alpha value is -2.14. The molecule has 20 heavy (non-hydrogen) atoms. The topological polar surface area (TPSA) is 72.4 Å². The first-order valence-corrected chi connectivity index (χ1v) is 6.70. The molecule has 104 valence electrons. The largest absolute Gasteiger partial charge is 0.443 e. The Morgan fingerprint density at radius 2 is 2.15 bits per heavy atom. The van der Waals surface area contributed by atoms with Crippen LogP contribution in [0.1, 0.15) is 22.5 Å². The summed E-state index contributed by atoms with van der Waals surface area (Å²) in [6.45, 7) is 3.28. The van der Waals surface area contributed by atoms with Gasteiger partial charge in [0, 0.05) is 24.7 Å². The number of aromatic nitrogens is 1. The SMILES string of the molecule is Cc1ccc(-c2ocnc2C(=O)N2CC[C@@H](N)C2)cc1. The van der Waals surface area contributed by atoms with Gasteiger partial charge in [0.15, 0.2) is 17.8 Å². The first kappa shape index (κ1) is 12.9. The van der Waals surface area contributed by atoms with Crippen molar-refractivity contribution in [1.82, 2.24) is 9.88 Å². The minimum atomic E-state index is -0.109. The second-order valence-electron chi connectivity index (χ2n) is 5.20. The van der Waals surface area contributed by atoms with Crippen LogP contribution < -0.4 is 5.73 Å². The van der Waals surface area contributed by atoms with Gasteiger partial charge in [0.25, 0.3) is 5.91 Å². The van der Waals surface area contributed by atoms with Crippen LogP contribution in [0.15, 0.2) is 35.1 Å². The number of rotatable bonds is 2. The predicted octanol–water partition coefficient (Wildman–Crippen LogP) is 1.82. The van der Waals surface area contributed by atoms with E-state index in [1.165, 1.54) is 6.39 Å². The average Bonchev–Trinajstić information content (AvgIpc) is 3.07. The zero-order valence-corrected chi connectivity index (χ0v) is 11.4. The molecule has 1 atom stereocenters. The molecule has 3 rings (SSSR count). The molecule has 0 aliphatic carbocycles. The normalized spacial score (nSPS) is 18.5. The lowest BCUT2D eigenvalue weighted by molar-refractivity contribution is 0.0786. The van der Waals surface area contributed by atoms with E-state index in [0.29, 0.717) is 24.5 Å². The Morgan fingerprint density at radius 3 is 2.80 bits per heavy atom. The number of benzene rings is 1. The van der Waals surface area contributed by atoms with Gasteiger partial charge >= 0.3 is 0 Å². The summed E-state index contributed by atoms with van der Waals surface area (Å²) in [7, 11) is 0. The smallest absolute Gasteiger partial charge is 0.276 e. The van der Waals surface area contributed by atoms with Crippen molar-refractivity contribution in [2.45, 2.75) is 19.4 Å². The number of carbonyl (C=O) groups excluding carboxylic acids is 1. The van der Waals surface area contributed by atoms with Gasteiger partial charge in [0.1, 0.15) is 0 Å². The maximum absolute atomic E-state index is 12.5. The minimum absolute atomic E-state index is 0.0636. The number of likely N-dealkylation sites (tertiary alicyclic amines) is 1. The van der Waals surface area contributed by atoms with E-state index in [1.807, 2.05) is 31.2 Å². The van der Waals surface area contributed by atoms with Crippen LogP contribution in [-0.4, -0.2) is 34.9 Å². The summed E-state index contributed by atoms with van der Waals surface area (Å²) in [6, 6.07) is 7.90. The van der Waals surface area contributed by atoms with Gasteiger partial charge < -0.3 is 15.1 Å².